The van der Waals surface area contributed by atoms with Crippen LogP contribution in [0.3, 0.4) is 0 Å². The van der Waals surface area contributed by atoms with Crippen molar-refractivity contribution in [2.24, 2.45) is 0 Å². The second-order valence-electron chi connectivity index (χ2n) is 2.44. The molecule has 0 saturated heterocycles. The number of ether oxygens (including phenoxy) is 1. The highest BCUT2D eigenvalue weighted by molar-refractivity contribution is 5.77. The number of Topliss-reactive ketones (excluding diaryl/α,β-unsaturated/α-hetero) is 1. The minimum atomic E-state index is 0.300. The molecule has 0 aromatic carbocycles. The number of carbonyl (C=O) groups is 1. The standard InChI is InChI=1S/C10H16O2/c1-3-5-8-12-9-6-7-10(11)4-2/h3,8H,4,6-7,9H2,1-2H3. The SMILES string of the molecule is CC=C=COCCCC(=O)CC. The van der Waals surface area contributed by atoms with Crippen LogP contribution in [-0.4, -0.2) is 12.4 Å². The fraction of sp³-hybridized carbons (Fsp3) is 0.600. The molecule has 2 nitrogen and oxygen atoms in total. The highest BCUT2D eigenvalue weighted by Crippen LogP contribution is 1.94. The molecule has 2 heteroatoms. The van der Waals surface area contributed by atoms with E-state index in [4.69, 9.17) is 4.74 Å². The fourth-order valence-corrected chi connectivity index (χ4v) is 0.705. The lowest BCUT2D eigenvalue weighted by molar-refractivity contribution is -0.119. The van der Waals surface area contributed by atoms with E-state index in [9.17, 15) is 4.79 Å². The summed E-state index contributed by atoms with van der Waals surface area (Å²) in [5.74, 6) is 0.300. The van der Waals surface area contributed by atoms with Crippen molar-refractivity contribution in [1.82, 2.24) is 0 Å². The van der Waals surface area contributed by atoms with Gasteiger partial charge in [0.25, 0.3) is 0 Å². The molecule has 0 bridgehead atoms. The first-order valence-electron chi connectivity index (χ1n) is 4.30. The number of ketones is 1. The monoisotopic (exact) mass is 168 g/mol. The predicted molar refractivity (Wildman–Crippen MR) is 48.8 cm³/mol. The third-order valence-electron chi connectivity index (χ3n) is 1.43. The summed E-state index contributed by atoms with van der Waals surface area (Å²) in [7, 11) is 0. The largest absolute Gasteiger partial charge is 0.493 e. The highest BCUT2D eigenvalue weighted by Gasteiger charge is 1.96. The van der Waals surface area contributed by atoms with E-state index in [1.807, 2.05) is 13.8 Å². The van der Waals surface area contributed by atoms with Gasteiger partial charge >= 0.3 is 0 Å². The van der Waals surface area contributed by atoms with E-state index in [0.29, 0.717) is 25.2 Å². The van der Waals surface area contributed by atoms with Crippen LogP contribution in [0.2, 0.25) is 0 Å². The number of carbonyl (C=O) groups excluding carboxylic acids is 1. The molecule has 0 atom stereocenters. The van der Waals surface area contributed by atoms with E-state index >= 15 is 0 Å². The Hall–Kier alpha value is -1.01. The molecule has 0 amide bonds. The van der Waals surface area contributed by atoms with Crippen LogP contribution in [0.4, 0.5) is 0 Å². The summed E-state index contributed by atoms with van der Waals surface area (Å²) >= 11 is 0. The summed E-state index contributed by atoms with van der Waals surface area (Å²) in [5.41, 5.74) is 2.79. The van der Waals surface area contributed by atoms with Gasteiger partial charge in [-0.3, -0.25) is 4.79 Å². The van der Waals surface area contributed by atoms with E-state index in [0.717, 1.165) is 6.42 Å². The normalized spacial score (nSPS) is 8.50. The molecule has 0 N–H and O–H groups in total. The zero-order valence-corrected chi connectivity index (χ0v) is 7.80. The molecule has 0 spiro atoms. The minimum absolute atomic E-state index is 0.300. The first kappa shape index (κ1) is 11.0. The lowest BCUT2D eigenvalue weighted by Crippen LogP contribution is -1.97. The van der Waals surface area contributed by atoms with Crippen LogP contribution in [0.5, 0.6) is 0 Å². The van der Waals surface area contributed by atoms with Crippen LogP contribution in [-0.2, 0) is 9.53 Å². The number of rotatable bonds is 6. The predicted octanol–water partition coefficient (Wildman–Crippen LogP) is 2.45. The quantitative estimate of drug-likeness (QED) is 0.346. The summed E-state index contributed by atoms with van der Waals surface area (Å²) in [4.78, 5) is 10.8. The highest BCUT2D eigenvalue weighted by atomic mass is 16.5. The molecular formula is C10H16O2. The maximum atomic E-state index is 10.8. The number of hydrogen-bond donors (Lipinski definition) is 0. The molecule has 0 saturated carbocycles. The Balaban J connectivity index is 3.22. The van der Waals surface area contributed by atoms with Crippen LogP contribution in [0, 0.1) is 0 Å². The number of allylic oxidation sites excluding steroid dienone is 1. The molecular weight excluding hydrogens is 152 g/mol. The van der Waals surface area contributed by atoms with Crippen molar-refractivity contribution in [3.05, 3.63) is 18.1 Å². The molecule has 12 heavy (non-hydrogen) atoms. The van der Waals surface area contributed by atoms with Gasteiger partial charge in [-0.2, -0.15) is 0 Å². The molecule has 68 valence electrons. The van der Waals surface area contributed by atoms with E-state index < -0.39 is 0 Å². The Kier molecular flexibility index (Phi) is 7.41. The molecule has 0 aromatic heterocycles. The van der Waals surface area contributed by atoms with Crippen molar-refractivity contribution in [3.8, 4) is 0 Å². The minimum Gasteiger partial charge on any atom is -0.493 e. The molecule has 0 radical (unpaired) electrons. The van der Waals surface area contributed by atoms with Crippen LogP contribution < -0.4 is 0 Å². The van der Waals surface area contributed by atoms with Crippen LogP contribution in [0.15, 0.2) is 18.1 Å². The van der Waals surface area contributed by atoms with Crippen molar-refractivity contribution in [1.29, 1.82) is 0 Å². The van der Waals surface area contributed by atoms with E-state index in [2.05, 4.69) is 5.73 Å². The van der Waals surface area contributed by atoms with Gasteiger partial charge in [-0.15, -0.1) is 0 Å². The van der Waals surface area contributed by atoms with Gasteiger partial charge in [-0.1, -0.05) is 12.7 Å². The van der Waals surface area contributed by atoms with E-state index in [1.54, 1.807) is 6.08 Å². The van der Waals surface area contributed by atoms with Crippen molar-refractivity contribution in [3.63, 3.8) is 0 Å². The fourth-order valence-electron chi connectivity index (χ4n) is 0.705. The van der Waals surface area contributed by atoms with Crippen molar-refractivity contribution in [2.75, 3.05) is 6.61 Å². The van der Waals surface area contributed by atoms with E-state index in [-0.39, 0.29) is 0 Å². The second-order valence-corrected chi connectivity index (χ2v) is 2.44. The third-order valence-corrected chi connectivity index (χ3v) is 1.43. The molecule has 0 fully saturated rings. The summed E-state index contributed by atoms with van der Waals surface area (Å²) < 4.78 is 5.05. The third kappa shape index (κ3) is 7.10. The maximum absolute atomic E-state index is 10.8. The van der Waals surface area contributed by atoms with Crippen LogP contribution in [0.1, 0.15) is 33.1 Å². The molecule has 0 heterocycles. The van der Waals surface area contributed by atoms with E-state index in [1.165, 1.54) is 6.26 Å². The summed E-state index contributed by atoms with van der Waals surface area (Å²) in [6.45, 7) is 4.36. The van der Waals surface area contributed by atoms with Gasteiger partial charge < -0.3 is 4.74 Å². The first-order chi connectivity index (χ1) is 5.81. The Bertz CT molecular complexity index is 172. The second kappa shape index (κ2) is 8.09. The Morgan fingerprint density at radius 3 is 2.92 bits per heavy atom. The summed E-state index contributed by atoms with van der Waals surface area (Å²) in [5, 5.41) is 0. The van der Waals surface area contributed by atoms with Crippen molar-refractivity contribution in [2.45, 2.75) is 33.1 Å². The lowest BCUT2D eigenvalue weighted by Gasteiger charge is -1.97. The molecule has 0 aliphatic rings. The van der Waals surface area contributed by atoms with Crippen LogP contribution in [0.25, 0.3) is 0 Å². The van der Waals surface area contributed by atoms with Gasteiger partial charge in [0.1, 0.15) is 12.0 Å². The Labute approximate surface area is 73.9 Å². The van der Waals surface area contributed by atoms with Gasteiger partial charge in [-0.05, 0) is 19.4 Å². The Morgan fingerprint density at radius 2 is 2.33 bits per heavy atom. The van der Waals surface area contributed by atoms with Gasteiger partial charge in [0.05, 0.1) is 6.61 Å². The zero-order valence-electron chi connectivity index (χ0n) is 7.80. The molecule has 0 unspecified atom stereocenters. The summed E-state index contributed by atoms with van der Waals surface area (Å²) in [6, 6.07) is 0. The van der Waals surface area contributed by atoms with Gasteiger partial charge in [0.15, 0.2) is 0 Å². The average molecular weight is 168 g/mol. The van der Waals surface area contributed by atoms with Crippen LogP contribution >= 0.6 is 0 Å². The van der Waals surface area contributed by atoms with Crippen molar-refractivity contribution < 1.29 is 9.53 Å². The Morgan fingerprint density at radius 1 is 1.58 bits per heavy atom. The van der Waals surface area contributed by atoms with Gasteiger partial charge in [0.2, 0.25) is 0 Å². The summed E-state index contributed by atoms with van der Waals surface area (Å²) in [6.07, 6.45) is 5.35. The molecule has 0 aliphatic carbocycles. The lowest BCUT2D eigenvalue weighted by atomic mass is 10.2. The smallest absolute Gasteiger partial charge is 0.132 e. The average Bonchev–Trinajstić information content (AvgIpc) is 2.10. The van der Waals surface area contributed by atoms with Crippen molar-refractivity contribution >= 4 is 5.78 Å². The maximum Gasteiger partial charge on any atom is 0.132 e. The zero-order chi connectivity index (χ0) is 9.23. The molecule has 0 aromatic rings. The number of hydrogen-bond acceptors (Lipinski definition) is 2. The first-order valence-corrected chi connectivity index (χ1v) is 4.30. The molecule has 0 aliphatic heterocycles. The molecule has 0 rings (SSSR count). The van der Waals surface area contributed by atoms with Gasteiger partial charge in [0, 0.05) is 12.8 Å². The topological polar surface area (TPSA) is 26.3 Å². The van der Waals surface area contributed by atoms with Gasteiger partial charge in [-0.25, -0.2) is 0 Å².